The molecule has 1 fully saturated rings. The van der Waals surface area contributed by atoms with Crippen LogP contribution in [0.5, 0.6) is 0 Å². The molecule has 190 valence electrons. The largest absolute Gasteiger partial charge is 0.322 e. The first-order valence-corrected chi connectivity index (χ1v) is 12.9. The van der Waals surface area contributed by atoms with Crippen LogP contribution >= 0.6 is 0 Å². The number of Topliss-reactive ketones (excluding diaryl/α,β-unsaturated/α-hetero) is 2. The number of amides is 2. The molecule has 4 aromatic carbocycles. The van der Waals surface area contributed by atoms with E-state index in [1.807, 2.05) is 121 Å². The fourth-order valence-corrected chi connectivity index (χ4v) is 5.14. The Hall–Kier alpha value is -4.51. The van der Waals surface area contributed by atoms with Crippen molar-refractivity contribution < 1.29 is 14.4 Å². The van der Waals surface area contributed by atoms with Crippen LogP contribution in [0.3, 0.4) is 0 Å². The van der Waals surface area contributed by atoms with Gasteiger partial charge in [-0.05, 0) is 22.3 Å². The van der Waals surface area contributed by atoms with E-state index >= 15 is 0 Å². The van der Waals surface area contributed by atoms with Gasteiger partial charge in [0, 0.05) is 25.9 Å². The van der Waals surface area contributed by atoms with Gasteiger partial charge >= 0.3 is 6.03 Å². The second kappa shape index (κ2) is 11.7. The first kappa shape index (κ1) is 25.2. The zero-order valence-corrected chi connectivity index (χ0v) is 21.1. The molecule has 0 aliphatic carbocycles. The lowest BCUT2D eigenvalue weighted by atomic mass is 9.92. The Balaban J connectivity index is 1.54. The van der Waals surface area contributed by atoms with E-state index in [0.29, 0.717) is 0 Å². The van der Waals surface area contributed by atoms with Crippen LogP contribution in [0, 0.1) is 0 Å². The summed E-state index contributed by atoms with van der Waals surface area (Å²) in [7, 11) is 0. The zero-order chi connectivity index (χ0) is 26.3. The molecule has 5 heteroatoms. The Labute approximate surface area is 223 Å². The first-order valence-electron chi connectivity index (χ1n) is 12.9. The number of urea groups is 1. The van der Waals surface area contributed by atoms with Gasteiger partial charge in [-0.15, -0.1) is 0 Å². The molecule has 1 aliphatic heterocycles. The van der Waals surface area contributed by atoms with Crippen LogP contribution in [0.15, 0.2) is 121 Å². The number of nitrogens with zero attached hydrogens (tertiary/aromatic N) is 2. The number of hydrogen-bond donors (Lipinski definition) is 0. The predicted octanol–water partition coefficient (Wildman–Crippen LogP) is 5.49. The van der Waals surface area contributed by atoms with Crippen LogP contribution in [0.4, 0.5) is 4.79 Å². The summed E-state index contributed by atoms with van der Waals surface area (Å²) in [5, 5.41) is 0. The van der Waals surface area contributed by atoms with E-state index in [2.05, 4.69) is 0 Å². The lowest BCUT2D eigenvalue weighted by molar-refractivity contribution is -0.130. The lowest BCUT2D eigenvalue weighted by Gasteiger charge is -2.26. The summed E-state index contributed by atoms with van der Waals surface area (Å²) in [6.07, 6.45) is 0.302. The molecule has 1 aliphatic rings. The molecule has 1 heterocycles. The van der Waals surface area contributed by atoms with Gasteiger partial charge < -0.3 is 9.80 Å². The third kappa shape index (κ3) is 5.73. The molecule has 0 N–H and O–H groups in total. The SMILES string of the molecule is O=C(Cc1ccccc1)[C@@H]1[C@H](C(=O)Cc2ccccc2)N(Cc2ccccc2)C(=O)N1Cc1ccccc1. The Morgan fingerprint density at radius 3 is 1.08 bits per heavy atom. The van der Waals surface area contributed by atoms with Crippen molar-refractivity contribution in [2.24, 2.45) is 0 Å². The van der Waals surface area contributed by atoms with Crippen LogP contribution in [0.25, 0.3) is 0 Å². The maximum absolute atomic E-state index is 14.0. The van der Waals surface area contributed by atoms with Gasteiger partial charge in [-0.25, -0.2) is 4.79 Å². The molecule has 0 unspecified atom stereocenters. The summed E-state index contributed by atoms with van der Waals surface area (Å²) in [6.45, 7) is 0.510. The molecule has 0 bridgehead atoms. The number of hydrogen-bond acceptors (Lipinski definition) is 3. The highest BCUT2D eigenvalue weighted by Gasteiger charge is 2.51. The molecule has 0 saturated carbocycles. The van der Waals surface area contributed by atoms with Crippen LogP contribution < -0.4 is 0 Å². The second-order valence-electron chi connectivity index (χ2n) is 9.66. The van der Waals surface area contributed by atoms with Gasteiger partial charge in [0.15, 0.2) is 11.6 Å². The second-order valence-corrected chi connectivity index (χ2v) is 9.66. The van der Waals surface area contributed by atoms with Crippen molar-refractivity contribution in [1.82, 2.24) is 9.80 Å². The Morgan fingerprint density at radius 2 is 0.763 bits per heavy atom. The van der Waals surface area contributed by atoms with E-state index in [1.165, 1.54) is 0 Å². The molecule has 5 nitrogen and oxygen atoms in total. The van der Waals surface area contributed by atoms with E-state index in [0.717, 1.165) is 22.3 Å². The molecular weight excluding hydrogens is 472 g/mol. The average Bonchev–Trinajstić information content (AvgIpc) is 3.22. The monoisotopic (exact) mass is 502 g/mol. The third-order valence-corrected chi connectivity index (χ3v) is 6.96. The molecule has 0 radical (unpaired) electrons. The molecule has 2 atom stereocenters. The fourth-order valence-electron chi connectivity index (χ4n) is 5.14. The highest BCUT2D eigenvalue weighted by atomic mass is 16.2. The molecule has 38 heavy (non-hydrogen) atoms. The maximum atomic E-state index is 14.0. The smallest absolute Gasteiger partial charge is 0.308 e. The number of rotatable bonds is 10. The van der Waals surface area contributed by atoms with Gasteiger partial charge in [-0.1, -0.05) is 121 Å². The van der Waals surface area contributed by atoms with Gasteiger partial charge in [0.05, 0.1) is 0 Å². The van der Waals surface area contributed by atoms with E-state index in [9.17, 15) is 14.4 Å². The summed E-state index contributed by atoms with van der Waals surface area (Å²) in [5.41, 5.74) is 3.55. The molecule has 5 rings (SSSR count). The molecular formula is C33H30N2O3. The van der Waals surface area contributed by atoms with Crippen molar-refractivity contribution in [3.8, 4) is 0 Å². The molecule has 0 aromatic heterocycles. The van der Waals surface area contributed by atoms with E-state index < -0.39 is 12.1 Å². The predicted molar refractivity (Wildman–Crippen MR) is 147 cm³/mol. The Kier molecular flexibility index (Phi) is 7.74. The number of ketones is 2. The zero-order valence-electron chi connectivity index (χ0n) is 21.1. The maximum Gasteiger partial charge on any atom is 0.322 e. The summed E-state index contributed by atoms with van der Waals surface area (Å²) in [6, 6.07) is 36.2. The van der Waals surface area contributed by atoms with Crippen molar-refractivity contribution in [3.05, 3.63) is 144 Å². The average molecular weight is 503 g/mol. The minimum Gasteiger partial charge on any atom is -0.308 e. The van der Waals surface area contributed by atoms with Crippen LogP contribution in [-0.4, -0.2) is 39.5 Å². The first-order chi connectivity index (χ1) is 18.6. The van der Waals surface area contributed by atoms with Crippen molar-refractivity contribution in [2.75, 3.05) is 0 Å². The summed E-state index contributed by atoms with van der Waals surface area (Å²) >= 11 is 0. The quantitative estimate of drug-likeness (QED) is 0.288. The normalized spacial score (nSPS) is 17.0. The molecule has 1 saturated heterocycles. The molecule has 2 amide bonds. The lowest BCUT2D eigenvalue weighted by Crippen LogP contribution is -2.48. The van der Waals surface area contributed by atoms with E-state index in [4.69, 9.17) is 0 Å². The summed E-state index contributed by atoms with van der Waals surface area (Å²) in [5.74, 6) is -0.273. The van der Waals surface area contributed by atoms with Crippen LogP contribution in [0.1, 0.15) is 22.3 Å². The van der Waals surface area contributed by atoms with E-state index in [1.54, 1.807) is 9.80 Å². The number of benzene rings is 4. The van der Waals surface area contributed by atoms with Crippen LogP contribution in [0.2, 0.25) is 0 Å². The van der Waals surface area contributed by atoms with Crippen molar-refractivity contribution in [1.29, 1.82) is 0 Å². The third-order valence-electron chi connectivity index (χ3n) is 6.96. The molecule has 4 aromatic rings. The van der Waals surface area contributed by atoms with Gasteiger partial charge in [-0.3, -0.25) is 9.59 Å². The Bertz CT molecular complexity index is 1270. The highest BCUT2D eigenvalue weighted by molar-refractivity contribution is 6.02. The van der Waals surface area contributed by atoms with Crippen molar-refractivity contribution in [3.63, 3.8) is 0 Å². The minimum atomic E-state index is -0.886. The van der Waals surface area contributed by atoms with Gasteiger partial charge in [0.1, 0.15) is 12.1 Å². The standard InChI is InChI=1S/C33H30N2O3/c36-29(21-25-13-5-1-6-14-25)31-32(30(37)22-26-15-7-2-8-16-26)35(24-28-19-11-4-12-20-28)33(38)34(31)23-27-17-9-3-10-18-27/h1-20,31-32H,21-24H2/t31-,32+. The topological polar surface area (TPSA) is 57.7 Å². The highest BCUT2D eigenvalue weighted by Crippen LogP contribution is 2.30. The minimum absolute atomic E-state index is 0.137. The number of carbonyl (C=O) groups excluding carboxylic acids is 3. The van der Waals surface area contributed by atoms with Crippen LogP contribution in [-0.2, 0) is 35.5 Å². The summed E-state index contributed by atoms with van der Waals surface area (Å²) in [4.78, 5) is 45.1. The number of carbonyl (C=O) groups is 3. The summed E-state index contributed by atoms with van der Waals surface area (Å²) < 4.78 is 0. The van der Waals surface area contributed by atoms with Crippen molar-refractivity contribution in [2.45, 2.75) is 38.0 Å². The van der Waals surface area contributed by atoms with Gasteiger partial charge in [0.2, 0.25) is 0 Å². The molecule has 0 spiro atoms. The van der Waals surface area contributed by atoms with Crippen molar-refractivity contribution >= 4 is 17.6 Å². The Morgan fingerprint density at radius 1 is 0.474 bits per heavy atom. The van der Waals surface area contributed by atoms with Gasteiger partial charge in [-0.2, -0.15) is 0 Å². The fraction of sp³-hybridized carbons (Fsp3) is 0.182. The van der Waals surface area contributed by atoms with Gasteiger partial charge in [0.25, 0.3) is 0 Å². The van der Waals surface area contributed by atoms with E-state index in [-0.39, 0.29) is 43.5 Å².